The van der Waals surface area contributed by atoms with Crippen LogP contribution < -0.4 is 10.7 Å². The molecular formula is C23H21N3OS2. The summed E-state index contributed by atoms with van der Waals surface area (Å²) in [6.07, 6.45) is 4.17. The number of benzene rings is 1. The van der Waals surface area contributed by atoms with Crippen LogP contribution in [0.2, 0.25) is 0 Å². The number of thiophene rings is 2. The minimum Gasteiger partial charge on any atom is -0.347 e. The molecular weight excluding hydrogens is 398 g/mol. The molecule has 5 rings (SSSR count). The fourth-order valence-corrected chi connectivity index (χ4v) is 5.21. The zero-order valence-corrected chi connectivity index (χ0v) is 17.6. The molecule has 0 radical (unpaired) electrons. The highest BCUT2D eigenvalue weighted by molar-refractivity contribution is 7.10. The zero-order valence-electron chi connectivity index (χ0n) is 15.9. The molecule has 4 aromatic rings. The van der Waals surface area contributed by atoms with Crippen molar-refractivity contribution in [2.24, 2.45) is 4.99 Å². The Balaban J connectivity index is 1.62. The van der Waals surface area contributed by atoms with Crippen LogP contribution in [0, 0.1) is 0 Å². The Hall–Kier alpha value is -2.70. The van der Waals surface area contributed by atoms with Gasteiger partial charge in [-0.15, -0.1) is 22.7 Å². The number of para-hydroxylation sites is 1. The average molecular weight is 420 g/mol. The first-order valence-corrected chi connectivity index (χ1v) is 11.5. The van der Waals surface area contributed by atoms with Gasteiger partial charge in [0.1, 0.15) is 0 Å². The Morgan fingerprint density at radius 3 is 2.69 bits per heavy atom. The number of aromatic nitrogens is 1. The second-order valence-corrected chi connectivity index (χ2v) is 9.22. The largest absolute Gasteiger partial charge is 0.347 e. The Kier molecular flexibility index (Phi) is 5.04. The van der Waals surface area contributed by atoms with Crippen LogP contribution in [0.15, 0.2) is 64.4 Å². The Bertz CT molecular complexity index is 1220. The number of hydrogen-bond donors (Lipinski definition) is 1. The standard InChI is InChI=1S/C23H21N3OS2/c27-23(25-14-18-8-4-12-29-18)20-15-26-10-2-6-16-5-1-9-19(22(16)26)21(20)24-13-17-7-3-11-28-17/h1,3-5,7-9,11-12,15H,2,6,10,13-14H2,(H,25,27). The highest BCUT2D eigenvalue weighted by Crippen LogP contribution is 2.24. The molecule has 3 aromatic heterocycles. The van der Waals surface area contributed by atoms with Gasteiger partial charge in [-0.25, -0.2) is 0 Å². The fraction of sp³-hybridized carbons (Fsp3) is 0.217. The molecule has 0 aliphatic carbocycles. The number of carbonyl (C=O) groups excluding carboxylic acids is 1. The predicted molar refractivity (Wildman–Crippen MR) is 119 cm³/mol. The summed E-state index contributed by atoms with van der Waals surface area (Å²) in [4.78, 5) is 20.4. The van der Waals surface area contributed by atoms with Crippen LogP contribution in [0.4, 0.5) is 0 Å². The van der Waals surface area contributed by atoms with Gasteiger partial charge in [0.05, 0.1) is 29.5 Å². The molecule has 0 fully saturated rings. The third kappa shape index (κ3) is 3.66. The van der Waals surface area contributed by atoms with Gasteiger partial charge in [-0.05, 0) is 41.3 Å². The Morgan fingerprint density at radius 1 is 1.07 bits per heavy atom. The summed E-state index contributed by atoms with van der Waals surface area (Å²) < 4.78 is 2.23. The van der Waals surface area contributed by atoms with Crippen LogP contribution in [0.3, 0.4) is 0 Å². The zero-order chi connectivity index (χ0) is 19.6. The number of carbonyl (C=O) groups is 1. The second-order valence-electron chi connectivity index (χ2n) is 7.16. The van der Waals surface area contributed by atoms with Crippen LogP contribution in [-0.4, -0.2) is 10.5 Å². The van der Waals surface area contributed by atoms with Gasteiger partial charge in [-0.3, -0.25) is 9.79 Å². The first-order chi connectivity index (χ1) is 14.3. The van der Waals surface area contributed by atoms with Crippen LogP contribution in [-0.2, 0) is 26.1 Å². The van der Waals surface area contributed by atoms with Gasteiger partial charge < -0.3 is 9.88 Å². The van der Waals surface area contributed by atoms with Crippen LogP contribution >= 0.6 is 22.7 Å². The molecule has 0 unspecified atom stereocenters. The van der Waals surface area contributed by atoms with Crippen molar-refractivity contribution in [1.29, 1.82) is 0 Å². The van der Waals surface area contributed by atoms with Gasteiger partial charge in [-0.1, -0.05) is 30.3 Å². The maximum absolute atomic E-state index is 13.2. The summed E-state index contributed by atoms with van der Waals surface area (Å²) >= 11 is 3.35. The van der Waals surface area contributed by atoms with E-state index in [0.717, 1.165) is 35.0 Å². The SMILES string of the molecule is O=C(NCc1cccs1)c1cn2c3c(cccc3c1=NCc1cccs1)CCC2. The molecule has 1 N–H and O–H groups in total. The molecule has 0 atom stereocenters. The van der Waals surface area contributed by atoms with Crippen molar-refractivity contribution in [3.05, 3.63) is 85.7 Å². The number of amides is 1. The average Bonchev–Trinajstić information content (AvgIpc) is 3.45. The first-order valence-electron chi connectivity index (χ1n) is 9.78. The van der Waals surface area contributed by atoms with Crippen molar-refractivity contribution in [3.63, 3.8) is 0 Å². The summed E-state index contributed by atoms with van der Waals surface area (Å²) in [5.41, 5.74) is 3.22. The van der Waals surface area contributed by atoms with Gasteiger partial charge in [0.15, 0.2) is 0 Å². The number of hydrogen-bond acceptors (Lipinski definition) is 4. The number of nitrogens with zero attached hydrogens (tertiary/aromatic N) is 2. The van der Waals surface area contributed by atoms with E-state index in [1.165, 1.54) is 16.0 Å². The van der Waals surface area contributed by atoms with Gasteiger partial charge >= 0.3 is 0 Å². The minimum atomic E-state index is -0.0649. The lowest BCUT2D eigenvalue weighted by Gasteiger charge is -2.21. The van der Waals surface area contributed by atoms with Crippen molar-refractivity contribution in [1.82, 2.24) is 9.88 Å². The summed E-state index contributed by atoms with van der Waals surface area (Å²) in [6.45, 7) is 2.06. The van der Waals surface area contributed by atoms with Gasteiger partial charge in [0.25, 0.3) is 5.91 Å². The smallest absolute Gasteiger partial charge is 0.255 e. The molecule has 0 bridgehead atoms. The molecule has 146 valence electrons. The third-order valence-corrected chi connectivity index (χ3v) is 7.01. The molecule has 4 heterocycles. The van der Waals surface area contributed by atoms with E-state index in [1.54, 1.807) is 22.7 Å². The normalized spacial score (nSPS) is 13.7. The summed E-state index contributed by atoms with van der Waals surface area (Å²) in [5.74, 6) is -0.0649. The number of rotatable bonds is 5. The van der Waals surface area contributed by atoms with Gasteiger partial charge in [-0.2, -0.15) is 0 Å². The van der Waals surface area contributed by atoms with Crippen LogP contribution in [0.25, 0.3) is 10.9 Å². The molecule has 1 aliphatic heterocycles. The van der Waals surface area contributed by atoms with E-state index in [9.17, 15) is 4.79 Å². The molecule has 0 saturated heterocycles. The number of aryl methyl sites for hydroxylation is 2. The molecule has 4 nitrogen and oxygen atoms in total. The maximum Gasteiger partial charge on any atom is 0.255 e. The molecule has 0 spiro atoms. The number of nitrogens with one attached hydrogen (secondary N) is 1. The van der Waals surface area contributed by atoms with Crippen LogP contribution in [0.5, 0.6) is 0 Å². The third-order valence-electron chi connectivity index (χ3n) is 5.27. The Labute approximate surface area is 177 Å². The van der Waals surface area contributed by atoms with Gasteiger partial charge in [0.2, 0.25) is 0 Å². The summed E-state index contributed by atoms with van der Waals surface area (Å²) in [7, 11) is 0. The topological polar surface area (TPSA) is 46.4 Å². The van der Waals surface area contributed by atoms with E-state index < -0.39 is 0 Å². The summed E-state index contributed by atoms with van der Waals surface area (Å²) in [6, 6.07) is 14.6. The second kappa shape index (κ2) is 7.97. The lowest BCUT2D eigenvalue weighted by atomic mass is 9.99. The lowest BCUT2D eigenvalue weighted by Crippen LogP contribution is -2.31. The molecule has 29 heavy (non-hydrogen) atoms. The van der Waals surface area contributed by atoms with Crippen LogP contribution in [0.1, 0.15) is 32.1 Å². The maximum atomic E-state index is 13.2. The molecule has 1 amide bonds. The molecule has 6 heteroatoms. The first kappa shape index (κ1) is 18.3. The van der Waals surface area contributed by atoms with E-state index in [0.29, 0.717) is 18.7 Å². The van der Waals surface area contributed by atoms with E-state index in [2.05, 4.69) is 39.5 Å². The molecule has 1 aliphatic rings. The predicted octanol–water partition coefficient (Wildman–Crippen LogP) is 4.74. The van der Waals surface area contributed by atoms with Crippen molar-refractivity contribution >= 4 is 39.5 Å². The van der Waals surface area contributed by atoms with Crippen molar-refractivity contribution in [2.75, 3.05) is 0 Å². The monoisotopic (exact) mass is 419 g/mol. The van der Waals surface area contributed by atoms with E-state index in [-0.39, 0.29) is 5.91 Å². The lowest BCUT2D eigenvalue weighted by molar-refractivity contribution is 0.0949. The number of pyridine rings is 1. The summed E-state index contributed by atoms with van der Waals surface area (Å²) in [5, 5.41) is 9.05. The van der Waals surface area contributed by atoms with Crippen molar-refractivity contribution < 1.29 is 4.79 Å². The van der Waals surface area contributed by atoms with Crippen molar-refractivity contribution in [3.8, 4) is 0 Å². The van der Waals surface area contributed by atoms with E-state index in [4.69, 9.17) is 4.99 Å². The van der Waals surface area contributed by atoms with Crippen molar-refractivity contribution in [2.45, 2.75) is 32.5 Å². The molecule has 0 saturated carbocycles. The highest BCUT2D eigenvalue weighted by Gasteiger charge is 2.18. The highest BCUT2D eigenvalue weighted by atomic mass is 32.1. The van der Waals surface area contributed by atoms with Gasteiger partial charge in [0, 0.05) is 27.9 Å². The van der Waals surface area contributed by atoms with E-state index >= 15 is 0 Å². The quantitative estimate of drug-likeness (QED) is 0.499. The Morgan fingerprint density at radius 2 is 1.90 bits per heavy atom. The molecule has 1 aromatic carbocycles. The van der Waals surface area contributed by atoms with E-state index in [1.807, 2.05) is 29.8 Å². The fourth-order valence-electron chi connectivity index (χ4n) is 3.94. The minimum absolute atomic E-state index is 0.0649.